The van der Waals surface area contributed by atoms with E-state index in [0.29, 0.717) is 6.04 Å². The highest BCUT2D eigenvalue weighted by Gasteiger charge is 2.08. The molecule has 0 aliphatic rings. The second-order valence-electron chi connectivity index (χ2n) is 5.87. The van der Waals surface area contributed by atoms with Crippen molar-refractivity contribution in [3.8, 4) is 0 Å². The van der Waals surface area contributed by atoms with Gasteiger partial charge in [0.1, 0.15) is 0 Å². The first-order chi connectivity index (χ1) is 11.1. The lowest BCUT2D eigenvalue weighted by Crippen LogP contribution is -2.28. The van der Waals surface area contributed by atoms with E-state index in [9.17, 15) is 0 Å². The van der Waals surface area contributed by atoms with E-state index in [1.807, 2.05) is 6.20 Å². The molecule has 0 spiro atoms. The van der Waals surface area contributed by atoms with Crippen LogP contribution in [0.3, 0.4) is 0 Å². The van der Waals surface area contributed by atoms with Gasteiger partial charge in [-0.2, -0.15) is 0 Å². The number of pyridine rings is 1. The maximum absolute atomic E-state index is 9.03. The van der Waals surface area contributed by atoms with Gasteiger partial charge in [0.05, 0.1) is 12.1 Å². The topological polar surface area (TPSA) is 48.4 Å². The van der Waals surface area contributed by atoms with Crippen molar-refractivity contribution in [2.45, 2.75) is 32.7 Å². The van der Waals surface area contributed by atoms with Gasteiger partial charge < -0.3 is 15.3 Å². The van der Waals surface area contributed by atoms with Crippen molar-refractivity contribution >= 4 is 39.2 Å². The molecule has 1 aromatic heterocycles. The van der Waals surface area contributed by atoms with Gasteiger partial charge >= 0.3 is 0 Å². The Labute approximate surface area is 152 Å². The monoisotopic (exact) mass is 427 g/mol. The van der Waals surface area contributed by atoms with Crippen molar-refractivity contribution in [3.05, 3.63) is 34.0 Å². The molecule has 2 rings (SSSR count). The third-order valence-corrected chi connectivity index (χ3v) is 4.75. The third-order valence-electron chi connectivity index (χ3n) is 4.08. The van der Waals surface area contributed by atoms with E-state index in [1.165, 1.54) is 8.96 Å². The van der Waals surface area contributed by atoms with Crippen LogP contribution in [-0.4, -0.2) is 47.3 Å². The van der Waals surface area contributed by atoms with Gasteiger partial charge in [0.25, 0.3) is 0 Å². The van der Waals surface area contributed by atoms with Gasteiger partial charge in [0.2, 0.25) is 0 Å². The van der Waals surface area contributed by atoms with Gasteiger partial charge in [0, 0.05) is 33.4 Å². The van der Waals surface area contributed by atoms with E-state index in [4.69, 9.17) is 5.11 Å². The summed E-state index contributed by atoms with van der Waals surface area (Å²) in [5.41, 5.74) is 2.19. The molecule has 126 valence electrons. The minimum atomic E-state index is 0.240. The molecule has 0 aliphatic carbocycles. The molecule has 5 heteroatoms. The molecule has 2 N–H and O–H groups in total. The molecular weight excluding hydrogens is 401 g/mol. The Kier molecular flexibility index (Phi) is 7.52. The number of hydrogen-bond donors (Lipinski definition) is 2. The van der Waals surface area contributed by atoms with Crippen molar-refractivity contribution < 1.29 is 5.11 Å². The standard InChI is InChI=1S/C18H26IN3O/c1-3-22(11-12-23)10-4-5-14(2)21-17-8-9-20-18-13-15(19)6-7-16(17)18/h6-9,13-14,23H,3-5,10-12H2,1-2H3,(H,20,21). The van der Waals surface area contributed by atoms with Gasteiger partial charge in [-0.05, 0) is 79.7 Å². The predicted octanol–water partition coefficient (Wildman–Crippen LogP) is 3.73. The summed E-state index contributed by atoms with van der Waals surface area (Å²) >= 11 is 2.32. The summed E-state index contributed by atoms with van der Waals surface area (Å²) in [6.07, 6.45) is 4.10. The summed E-state index contributed by atoms with van der Waals surface area (Å²) in [6, 6.07) is 8.83. The predicted molar refractivity (Wildman–Crippen MR) is 106 cm³/mol. The number of aromatic nitrogens is 1. The molecule has 0 aliphatic heterocycles. The summed E-state index contributed by atoms with van der Waals surface area (Å²) < 4.78 is 1.20. The second kappa shape index (κ2) is 9.39. The van der Waals surface area contributed by atoms with Gasteiger partial charge in [-0.15, -0.1) is 0 Å². The molecule has 0 saturated heterocycles. The number of halogens is 1. The third kappa shape index (κ3) is 5.58. The summed E-state index contributed by atoms with van der Waals surface area (Å²) in [5, 5.41) is 13.8. The van der Waals surface area contributed by atoms with Crippen molar-refractivity contribution in [1.29, 1.82) is 0 Å². The van der Waals surface area contributed by atoms with Crippen LogP contribution < -0.4 is 5.32 Å². The van der Waals surface area contributed by atoms with E-state index in [2.05, 4.69) is 75.9 Å². The minimum absolute atomic E-state index is 0.240. The lowest BCUT2D eigenvalue weighted by atomic mass is 10.1. The van der Waals surface area contributed by atoms with Gasteiger partial charge in [-0.3, -0.25) is 4.98 Å². The molecule has 0 bridgehead atoms. The Balaban J connectivity index is 1.91. The highest BCUT2D eigenvalue weighted by atomic mass is 127. The summed E-state index contributed by atoms with van der Waals surface area (Å²) in [5.74, 6) is 0. The number of nitrogens with zero attached hydrogens (tertiary/aromatic N) is 2. The van der Waals surface area contributed by atoms with Crippen molar-refractivity contribution in [1.82, 2.24) is 9.88 Å². The molecule has 1 heterocycles. The fourth-order valence-electron chi connectivity index (χ4n) is 2.78. The number of aliphatic hydroxyl groups is 1. The number of rotatable bonds is 9. The first-order valence-corrected chi connectivity index (χ1v) is 9.36. The average molecular weight is 427 g/mol. The Bertz CT molecular complexity index is 620. The number of aliphatic hydroxyl groups excluding tert-OH is 1. The van der Waals surface area contributed by atoms with E-state index in [-0.39, 0.29) is 6.61 Å². The van der Waals surface area contributed by atoms with Crippen LogP contribution >= 0.6 is 22.6 Å². The lowest BCUT2D eigenvalue weighted by molar-refractivity contribution is 0.199. The fraction of sp³-hybridized carbons (Fsp3) is 0.500. The Morgan fingerprint density at radius 3 is 2.87 bits per heavy atom. The molecule has 0 saturated carbocycles. The number of anilines is 1. The van der Waals surface area contributed by atoms with E-state index in [1.54, 1.807) is 0 Å². The van der Waals surface area contributed by atoms with E-state index >= 15 is 0 Å². The molecule has 2 aromatic rings. The Morgan fingerprint density at radius 1 is 1.30 bits per heavy atom. The van der Waals surface area contributed by atoms with Gasteiger partial charge in [0.15, 0.2) is 0 Å². The molecular formula is C18H26IN3O. The van der Waals surface area contributed by atoms with Crippen molar-refractivity contribution in [3.63, 3.8) is 0 Å². The molecule has 23 heavy (non-hydrogen) atoms. The normalized spacial score (nSPS) is 12.7. The largest absolute Gasteiger partial charge is 0.395 e. The van der Waals surface area contributed by atoms with Crippen LogP contribution in [0.25, 0.3) is 10.9 Å². The van der Waals surface area contributed by atoms with Gasteiger partial charge in [-0.1, -0.05) is 6.92 Å². The maximum atomic E-state index is 9.03. The molecule has 1 atom stereocenters. The maximum Gasteiger partial charge on any atom is 0.0733 e. The van der Waals surface area contributed by atoms with Crippen LogP contribution in [-0.2, 0) is 0 Å². The molecule has 0 amide bonds. The zero-order valence-electron chi connectivity index (χ0n) is 13.9. The zero-order valence-corrected chi connectivity index (χ0v) is 16.1. The van der Waals surface area contributed by atoms with Crippen LogP contribution in [0.1, 0.15) is 26.7 Å². The number of hydrogen-bond acceptors (Lipinski definition) is 4. The molecule has 4 nitrogen and oxygen atoms in total. The highest BCUT2D eigenvalue weighted by Crippen LogP contribution is 2.24. The summed E-state index contributed by atoms with van der Waals surface area (Å²) in [6.45, 7) is 7.41. The number of fused-ring (bicyclic) bond motifs is 1. The van der Waals surface area contributed by atoms with Crippen molar-refractivity contribution in [2.24, 2.45) is 0 Å². The first kappa shape index (κ1) is 18.4. The fourth-order valence-corrected chi connectivity index (χ4v) is 3.25. The first-order valence-electron chi connectivity index (χ1n) is 8.28. The Hall–Kier alpha value is -0.920. The van der Waals surface area contributed by atoms with Crippen LogP contribution in [0, 0.1) is 3.57 Å². The van der Waals surface area contributed by atoms with Crippen LogP contribution in [0.5, 0.6) is 0 Å². The summed E-state index contributed by atoms with van der Waals surface area (Å²) in [7, 11) is 0. The van der Waals surface area contributed by atoms with Gasteiger partial charge in [-0.25, -0.2) is 0 Å². The highest BCUT2D eigenvalue weighted by molar-refractivity contribution is 14.1. The van der Waals surface area contributed by atoms with E-state index < -0.39 is 0 Å². The number of nitrogens with one attached hydrogen (secondary N) is 1. The quantitative estimate of drug-likeness (QED) is 0.599. The number of benzene rings is 1. The van der Waals surface area contributed by atoms with Crippen LogP contribution in [0.15, 0.2) is 30.5 Å². The molecule has 0 fully saturated rings. The van der Waals surface area contributed by atoms with E-state index in [0.717, 1.165) is 43.7 Å². The molecule has 1 unspecified atom stereocenters. The SMILES string of the molecule is CCN(CCO)CCCC(C)Nc1ccnc2cc(I)ccc12. The second-order valence-corrected chi connectivity index (χ2v) is 7.11. The minimum Gasteiger partial charge on any atom is -0.395 e. The average Bonchev–Trinajstić information content (AvgIpc) is 2.54. The van der Waals surface area contributed by atoms with Crippen LogP contribution in [0.4, 0.5) is 5.69 Å². The summed E-state index contributed by atoms with van der Waals surface area (Å²) in [4.78, 5) is 6.74. The van der Waals surface area contributed by atoms with Crippen molar-refractivity contribution in [2.75, 3.05) is 31.6 Å². The smallest absolute Gasteiger partial charge is 0.0733 e. The molecule has 0 radical (unpaired) electrons. The zero-order chi connectivity index (χ0) is 16.7. The van der Waals surface area contributed by atoms with Crippen LogP contribution in [0.2, 0.25) is 0 Å². The Morgan fingerprint density at radius 2 is 2.13 bits per heavy atom. The lowest BCUT2D eigenvalue weighted by Gasteiger charge is -2.21. The molecule has 1 aromatic carbocycles. The number of likely N-dealkylation sites (N-methyl/N-ethyl adjacent to an activating group) is 1.